The highest BCUT2D eigenvalue weighted by molar-refractivity contribution is 6.10. The second-order valence-electron chi connectivity index (χ2n) is 2.73. The van der Waals surface area contributed by atoms with Crippen molar-refractivity contribution < 1.29 is 9.84 Å². The summed E-state index contributed by atoms with van der Waals surface area (Å²) in [6.45, 7) is 0.529. The van der Waals surface area contributed by atoms with Crippen molar-refractivity contribution in [3.63, 3.8) is 0 Å². The van der Waals surface area contributed by atoms with Gasteiger partial charge in [-0.2, -0.15) is 0 Å². The Hall–Kier alpha value is -0.0151. The Morgan fingerprint density at radius 1 is 1.44 bits per heavy atom. The molecule has 1 heterocycles. The van der Waals surface area contributed by atoms with Crippen LogP contribution in [0.5, 0.6) is 0 Å². The second-order valence-corrected chi connectivity index (χ2v) is 2.73. The predicted molar refractivity (Wildman–Crippen MR) is 38.1 cm³/mol. The number of aliphatic hydroxyl groups excluding tert-OH is 1. The third-order valence-electron chi connectivity index (χ3n) is 1.72. The average Bonchev–Trinajstić information content (AvgIpc) is 1.97. The van der Waals surface area contributed by atoms with Crippen LogP contribution in [0.15, 0.2) is 0 Å². The summed E-state index contributed by atoms with van der Waals surface area (Å²) in [4.78, 5) is 0. The van der Waals surface area contributed by atoms with Gasteiger partial charge in [0.2, 0.25) is 0 Å². The Bertz CT molecular complexity index is 77.1. The molecule has 0 spiro atoms. The Kier molecular flexibility index (Phi) is 2.55. The Labute approximate surface area is 56.6 Å². The summed E-state index contributed by atoms with van der Waals surface area (Å²) >= 11 is 0. The SMILES string of the molecule is B[C@H]1CCC[C@H](O)CO1. The maximum absolute atomic E-state index is 9.08. The van der Waals surface area contributed by atoms with E-state index in [-0.39, 0.29) is 6.10 Å². The number of ether oxygens (including phenoxy) is 1. The Morgan fingerprint density at radius 2 is 2.22 bits per heavy atom. The third kappa shape index (κ3) is 2.37. The lowest BCUT2D eigenvalue weighted by Gasteiger charge is -2.07. The van der Waals surface area contributed by atoms with Gasteiger partial charge in [0.1, 0.15) is 7.85 Å². The summed E-state index contributed by atoms with van der Waals surface area (Å²) in [5, 5.41) is 9.08. The predicted octanol–water partition coefficient (Wildman–Crippen LogP) is -0.493. The fraction of sp³-hybridized carbons (Fsp3) is 1.00. The van der Waals surface area contributed by atoms with Crippen LogP contribution >= 0.6 is 0 Å². The number of hydrogen-bond donors (Lipinski definition) is 1. The highest BCUT2D eigenvalue weighted by Crippen LogP contribution is 2.10. The molecule has 0 aromatic carbocycles. The van der Waals surface area contributed by atoms with E-state index in [1.54, 1.807) is 0 Å². The zero-order chi connectivity index (χ0) is 6.69. The Morgan fingerprint density at radius 3 is 3.00 bits per heavy atom. The van der Waals surface area contributed by atoms with Crippen molar-refractivity contribution >= 4 is 7.85 Å². The van der Waals surface area contributed by atoms with Gasteiger partial charge in [-0.3, -0.25) is 0 Å². The van der Waals surface area contributed by atoms with Crippen molar-refractivity contribution in [1.29, 1.82) is 0 Å². The van der Waals surface area contributed by atoms with Crippen LogP contribution in [0.4, 0.5) is 0 Å². The van der Waals surface area contributed by atoms with E-state index in [0.29, 0.717) is 12.6 Å². The molecule has 1 rings (SSSR count). The summed E-state index contributed by atoms with van der Waals surface area (Å²) in [6, 6.07) is 0.349. The molecule has 0 saturated carbocycles. The lowest BCUT2D eigenvalue weighted by Crippen LogP contribution is -2.16. The van der Waals surface area contributed by atoms with Crippen molar-refractivity contribution in [3.8, 4) is 0 Å². The minimum Gasteiger partial charge on any atom is -0.391 e. The van der Waals surface area contributed by atoms with Gasteiger partial charge in [-0.1, -0.05) is 0 Å². The molecule has 2 atom stereocenters. The maximum atomic E-state index is 9.08. The maximum Gasteiger partial charge on any atom is 0.139 e. The molecule has 0 aliphatic carbocycles. The van der Waals surface area contributed by atoms with Gasteiger partial charge in [0.25, 0.3) is 0 Å². The first kappa shape index (κ1) is 7.10. The van der Waals surface area contributed by atoms with Crippen molar-refractivity contribution in [2.75, 3.05) is 6.61 Å². The molecule has 3 heteroatoms. The molecule has 0 aromatic rings. The first-order valence-electron chi connectivity index (χ1n) is 3.58. The number of aliphatic hydroxyl groups is 1. The minimum atomic E-state index is -0.213. The van der Waals surface area contributed by atoms with Crippen molar-refractivity contribution in [2.24, 2.45) is 0 Å². The monoisotopic (exact) mass is 128 g/mol. The van der Waals surface area contributed by atoms with Gasteiger partial charge >= 0.3 is 0 Å². The number of hydrogen-bond acceptors (Lipinski definition) is 2. The van der Waals surface area contributed by atoms with Gasteiger partial charge in [0.15, 0.2) is 0 Å². The largest absolute Gasteiger partial charge is 0.391 e. The molecule has 9 heavy (non-hydrogen) atoms. The van der Waals surface area contributed by atoms with E-state index in [1.807, 2.05) is 0 Å². The van der Waals surface area contributed by atoms with Gasteiger partial charge in [0.05, 0.1) is 12.7 Å². The van der Waals surface area contributed by atoms with Gasteiger partial charge in [-0.05, 0) is 19.3 Å². The lowest BCUT2D eigenvalue weighted by atomic mass is 9.95. The van der Waals surface area contributed by atoms with Gasteiger partial charge in [0, 0.05) is 6.00 Å². The van der Waals surface area contributed by atoms with Crippen LogP contribution in [0, 0.1) is 0 Å². The fourth-order valence-corrected chi connectivity index (χ4v) is 1.08. The van der Waals surface area contributed by atoms with Gasteiger partial charge < -0.3 is 9.84 Å². The van der Waals surface area contributed by atoms with Crippen LogP contribution < -0.4 is 0 Å². The summed E-state index contributed by atoms with van der Waals surface area (Å²) in [5.41, 5.74) is 0. The van der Waals surface area contributed by atoms with E-state index in [4.69, 9.17) is 9.84 Å². The zero-order valence-corrected chi connectivity index (χ0v) is 5.84. The minimum absolute atomic E-state index is 0.213. The molecular weight excluding hydrogens is 115 g/mol. The van der Waals surface area contributed by atoms with E-state index in [0.717, 1.165) is 19.3 Å². The summed E-state index contributed by atoms with van der Waals surface area (Å²) in [7, 11) is 2.05. The van der Waals surface area contributed by atoms with Crippen molar-refractivity contribution in [1.82, 2.24) is 0 Å². The van der Waals surface area contributed by atoms with Crippen LogP contribution in [0.3, 0.4) is 0 Å². The first-order chi connectivity index (χ1) is 4.29. The quantitative estimate of drug-likeness (QED) is 0.446. The molecule has 1 saturated heterocycles. The molecule has 0 unspecified atom stereocenters. The highest BCUT2D eigenvalue weighted by atomic mass is 16.5. The van der Waals surface area contributed by atoms with E-state index < -0.39 is 0 Å². The van der Waals surface area contributed by atoms with Crippen molar-refractivity contribution in [3.05, 3.63) is 0 Å². The molecule has 1 aliphatic rings. The van der Waals surface area contributed by atoms with Crippen LogP contribution in [0.1, 0.15) is 19.3 Å². The van der Waals surface area contributed by atoms with Gasteiger partial charge in [-0.25, -0.2) is 0 Å². The summed E-state index contributed by atoms with van der Waals surface area (Å²) in [5.74, 6) is 0. The first-order valence-corrected chi connectivity index (χ1v) is 3.58. The zero-order valence-electron chi connectivity index (χ0n) is 5.84. The molecule has 0 amide bonds. The molecule has 1 N–H and O–H groups in total. The average molecular weight is 128 g/mol. The molecule has 0 bridgehead atoms. The molecule has 0 radical (unpaired) electrons. The molecule has 0 aromatic heterocycles. The number of rotatable bonds is 0. The molecular formula is C6H13BO2. The van der Waals surface area contributed by atoms with E-state index in [1.165, 1.54) is 0 Å². The molecule has 52 valence electrons. The summed E-state index contributed by atoms with van der Waals surface area (Å²) in [6.07, 6.45) is 2.89. The topological polar surface area (TPSA) is 29.5 Å². The van der Waals surface area contributed by atoms with Gasteiger partial charge in [-0.15, -0.1) is 0 Å². The fourth-order valence-electron chi connectivity index (χ4n) is 1.08. The van der Waals surface area contributed by atoms with E-state index >= 15 is 0 Å². The van der Waals surface area contributed by atoms with Crippen molar-refractivity contribution in [2.45, 2.75) is 31.4 Å². The smallest absolute Gasteiger partial charge is 0.139 e. The third-order valence-corrected chi connectivity index (χ3v) is 1.72. The normalized spacial score (nSPS) is 37.9. The summed E-state index contributed by atoms with van der Waals surface area (Å²) < 4.78 is 5.27. The van der Waals surface area contributed by atoms with E-state index in [2.05, 4.69) is 7.85 Å². The Balaban J connectivity index is 2.25. The molecule has 2 nitrogen and oxygen atoms in total. The molecule has 1 aliphatic heterocycles. The highest BCUT2D eigenvalue weighted by Gasteiger charge is 2.12. The standard InChI is InChI=1S/C6H13BO2/c7-6-3-1-2-5(8)4-9-6/h5-6,8H,1-4,7H2/t5-,6+/m0/s1. The van der Waals surface area contributed by atoms with Crippen LogP contribution in [0.25, 0.3) is 0 Å². The van der Waals surface area contributed by atoms with Crippen LogP contribution in [-0.2, 0) is 4.74 Å². The second kappa shape index (κ2) is 3.23. The van der Waals surface area contributed by atoms with E-state index in [9.17, 15) is 0 Å². The van der Waals surface area contributed by atoms with Crippen LogP contribution in [0.2, 0.25) is 0 Å². The van der Waals surface area contributed by atoms with Crippen LogP contribution in [-0.4, -0.2) is 31.7 Å². The lowest BCUT2D eigenvalue weighted by molar-refractivity contribution is 0.0364. The molecule has 1 fully saturated rings.